The van der Waals surface area contributed by atoms with E-state index in [-0.39, 0.29) is 25.3 Å². The van der Waals surface area contributed by atoms with Crippen molar-refractivity contribution in [1.82, 2.24) is 5.32 Å². The fourth-order valence-electron chi connectivity index (χ4n) is 2.66. The second kappa shape index (κ2) is 6.86. The molecule has 0 spiro atoms. The molecule has 0 aromatic heterocycles. The Morgan fingerprint density at radius 3 is 2.83 bits per heavy atom. The Morgan fingerprint density at radius 2 is 2.12 bits per heavy atom. The normalized spacial score (nSPS) is 19.3. The Bertz CT molecular complexity index is 715. The summed E-state index contributed by atoms with van der Waals surface area (Å²) in [5.41, 5.74) is 0.356. The van der Waals surface area contributed by atoms with Gasteiger partial charge >= 0.3 is 0 Å². The molecule has 0 radical (unpaired) electrons. The molecular formula is C15H20N2O6S. The van der Waals surface area contributed by atoms with E-state index in [1.807, 2.05) is 0 Å². The molecule has 2 aliphatic heterocycles. The third-order valence-electron chi connectivity index (χ3n) is 3.88. The lowest BCUT2D eigenvalue weighted by atomic mass is 10.2. The molecule has 8 nitrogen and oxygen atoms in total. The van der Waals surface area contributed by atoms with E-state index in [0.717, 1.165) is 23.4 Å². The Kier molecular flexibility index (Phi) is 4.81. The average molecular weight is 356 g/mol. The summed E-state index contributed by atoms with van der Waals surface area (Å²) >= 11 is 0. The monoisotopic (exact) mass is 356 g/mol. The molecule has 9 heteroatoms. The van der Waals surface area contributed by atoms with E-state index in [0.29, 0.717) is 30.3 Å². The molecule has 1 aromatic rings. The van der Waals surface area contributed by atoms with Gasteiger partial charge in [-0.15, -0.1) is 0 Å². The maximum absolute atomic E-state index is 12.1. The van der Waals surface area contributed by atoms with Crippen molar-refractivity contribution in [3.8, 4) is 11.5 Å². The van der Waals surface area contributed by atoms with E-state index >= 15 is 0 Å². The first-order valence-corrected chi connectivity index (χ1v) is 9.54. The highest BCUT2D eigenvalue weighted by Crippen LogP contribution is 2.36. The van der Waals surface area contributed by atoms with Crippen LogP contribution in [0.4, 0.5) is 5.69 Å². The molecule has 0 unspecified atom stereocenters. The predicted molar refractivity (Wildman–Crippen MR) is 86.7 cm³/mol. The summed E-state index contributed by atoms with van der Waals surface area (Å²) in [7, 11) is -3.62. The van der Waals surface area contributed by atoms with Crippen molar-refractivity contribution in [3.05, 3.63) is 18.2 Å². The van der Waals surface area contributed by atoms with Gasteiger partial charge in [-0.25, -0.2) is 8.42 Å². The van der Waals surface area contributed by atoms with Crippen LogP contribution >= 0.6 is 0 Å². The van der Waals surface area contributed by atoms with Gasteiger partial charge < -0.3 is 19.5 Å². The van der Waals surface area contributed by atoms with Gasteiger partial charge in [-0.2, -0.15) is 0 Å². The minimum Gasteiger partial charge on any atom is -0.454 e. The first-order chi connectivity index (χ1) is 11.4. The predicted octanol–water partition coefficient (Wildman–Crippen LogP) is 0.476. The molecule has 2 aliphatic rings. The highest BCUT2D eigenvalue weighted by atomic mass is 32.2. The number of rotatable bonds is 6. The van der Waals surface area contributed by atoms with Crippen molar-refractivity contribution in [2.45, 2.75) is 18.9 Å². The molecule has 0 saturated carbocycles. The number of carbonyl (C=O) groups is 1. The van der Waals surface area contributed by atoms with Crippen LogP contribution in [0.25, 0.3) is 0 Å². The zero-order chi connectivity index (χ0) is 17.2. The number of sulfonamides is 1. The summed E-state index contributed by atoms with van der Waals surface area (Å²) in [4.78, 5) is 12.1. The molecule has 3 rings (SSSR count). The lowest BCUT2D eigenvalue weighted by Crippen LogP contribution is -2.42. The van der Waals surface area contributed by atoms with E-state index in [9.17, 15) is 13.2 Å². The van der Waals surface area contributed by atoms with Gasteiger partial charge in [-0.05, 0) is 25.0 Å². The molecule has 1 aromatic carbocycles. The summed E-state index contributed by atoms with van der Waals surface area (Å²) in [6, 6.07) is 4.76. The van der Waals surface area contributed by atoms with E-state index in [2.05, 4.69) is 5.32 Å². The molecule has 1 atom stereocenters. The molecule has 1 saturated heterocycles. The zero-order valence-electron chi connectivity index (χ0n) is 13.4. The molecule has 132 valence electrons. The number of nitrogens with zero attached hydrogens (tertiary/aromatic N) is 1. The summed E-state index contributed by atoms with van der Waals surface area (Å²) in [5, 5.41) is 2.72. The smallest absolute Gasteiger partial charge is 0.240 e. The van der Waals surface area contributed by atoms with Crippen LogP contribution in [-0.4, -0.2) is 53.2 Å². The summed E-state index contributed by atoms with van der Waals surface area (Å²) in [5.74, 6) is 0.629. The van der Waals surface area contributed by atoms with Gasteiger partial charge in [0.2, 0.25) is 22.7 Å². The van der Waals surface area contributed by atoms with E-state index in [1.165, 1.54) is 0 Å². The molecule has 1 amide bonds. The zero-order valence-corrected chi connectivity index (χ0v) is 14.2. The fraction of sp³-hybridized carbons (Fsp3) is 0.533. The average Bonchev–Trinajstić information content (AvgIpc) is 3.19. The number of anilines is 1. The molecule has 0 aliphatic carbocycles. The lowest BCUT2D eigenvalue weighted by molar-refractivity contribution is -0.120. The van der Waals surface area contributed by atoms with Gasteiger partial charge in [-0.1, -0.05) is 0 Å². The van der Waals surface area contributed by atoms with Gasteiger partial charge in [0, 0.05) is 19.2 Å². The fourth-order valence-corrected chi connectivity index (χ4v) is 3.51. The van der Waals surface area contributed by atoms with Crippen molar-refractivity contribution in [3.63, 3.8) is 0 Å². The number of benzene rings is 1. The molecule has 24 heavy (non-hydrogen) atoms. The highest BCUT2D eigenvalue weighted by Gasteiger charge is 2.24. The van der Waals surface area contributed by atoms with E-state index in [1.54, 1.807) is 18.2 Å². The molecule has 1 N–H and O–H groups in total. The minimum atomic E-state index is -3.62. The van der Waals surface area contributed by atoms with Crippen molar-refractivity contribution in [2.24, 2.45) is 0 Å². The van der Waals surface area contributed by atoms with Crippen LogP contribution in [0.5, 0.6) is 11.5 Å². The van der Waals surface area contributed by atoms with E-state index < -0.39 is 10.0 Å². The lowest BCUT2D eigenvalue weighted by Gasteiger charge is -2.22. The molecule has 1 fully saturated rings. The van der Waals surface area contributed by atoms with Crippen LogP contribution in [0.3, 0.4) is 0 Å². The van der Waals surface area contributed by atoms with Crippen molar-refractivity contribution in [2.75, 3.05) is 37.1 Å². The molecular weight excluding hydrogens is 336 g/mol. The quantitative estimate of drug-likeness (QED) is 0.797. The van der Waals surface area contributed by atoms with Gasteiger partial charge in [0.1, 0.15) is 6.54 Å². The number of fused-ring (bicyclic) bond motifs is 1. The molecule has 0 bridgehead atoms. The minimum absolute atomic E-state index is 0.00572. The standard InChI is InChI=1S/C15H20N2O6S/c1-24(19,20)17(9-15(18)16-8-12-3-2-6-21-12)11-4-5-13-14(7-11)23-10-22-13/h4-5,7,12H,2-3,6,8-10H2,1H3,(H,16,18)/t12-/m0/s1. The maximum atomic E-state index is 12.1. The van der Waals surface area contributed by atoms with Crippen LogP contribution in [-0.2, 0) is 19.6 Å². The first-order valence-electron chi connectivity index (χ1n) is 7.69. The molecule has 2 heterocycles. The maximum Gasteiger partial charge on any atom is 0.240 e. The number of ether oxygens (including phenoxy) is 3. The summed E-state index contributed by atoms with van der Waals surface area (Å²) < 4.78 is 41.1. The Labute approximate surface area is 140 Å². The third kappa shape index (κ3) is 3.90. The Morgan fingerprint density at radius 1 is 1.33 bits per heavy atom. The summed E-state index contributed by atoms with van der Waals surface area (Å²) in [6.45, 7) is 0.884. The largest absolute Gasteiger partial charge is 0.454 e. The highest BCUT2D eigenvalue weighted by molar-refractivity contribution is 7.92. The van der Waals surface area contributed by atoms with Gasteiger partial charge in [0.05, 0.1) is 18.0 Å². The van der Waals surface area contributed by atoms with Crippen molar-refractivity contribution >= 4 is 21.6 Å². The second-order valence-corrected chi connectivity index (χ2v) is 7.65. The van der Waals surface area contributed by atoms with Crippen LogP contribution in [0.1, 0.15) is 12.8 Å². The number of nitrogens with one attached hydrogen (secondary N) is 1. The first kappa shape index (κ1) is 16.8. The summed E-state index contributed by atoms with van der Waals surface area (Å²) in [6.07, 6.45) is 2.95. The van der Waals surface area contributed by atoms with Crippen molar-refractivity contribution in [1.29, 1.82) is 0 Å². The number of amides is 1. The van der Waals surface area contributed by atoms with Gasteiger partial charge in [-0.3, -0.25) is 9.10 Å². The van der Waals surface area contributed by atoms with Crippen LogP contribution in [0, 0.1) is 0 Å². The number of hydrogen-bond donors (Lipinski definition) is 1. The Hall–Kier alpha value is -2.00. The van der Waals surface area contributed by atoms with Crippen LogP contribution in [0.15, 0.2) is 18.2 Å². The number of carbonyl (C=O) groups excluding carboxylic acids is 1. The number of hydrogen-bond acceptors (Lipinski definition) is 6. The van der Waals surface area contributed by atoms with E-state index in [4.69, 9.17) is 14.2 Å². The second-order valence-electron chi connectivity index (χ2n) is 5.75. The van der Waals surface area contributed by atoms with Crippen molar-refractivity contribution < 1.29 is 27.4 Å². The van der Waals surface area contributed by atoms with Gasteiger partial charge in [0.15, 0.2) is 11.5 Å². The Balaban J connectivity index is 1.69. The topological polar surface area (TPSA) is 94.2 Å². The third-order valence-corrected chi connectivity index (χ3v) is 5.02. The van der Waals surface area contributed by atoms with Crippen LogP contribution < -0.4 is 19.1 Å². The van der Waals surface area contributed by atoms with Crippen LogP contribution in [0.2, 0.25) is 0 Å². The van der Waals surface area contributed by atoms with Gasteiger partial charge in [0.25, 0.3) is 0 Å². The SMILES string of the molecule is CS(=O)(=O)N(CC(=O)NC[C@@H]1CCCO1)c1ccc2c(c1)OCO2.